The molecule has 0 bridgehead atoms. The number of rotatable bonds is 0. The maximum absolute atomic E-state index is 9.40. The first-order valence-electron chi connectivity index (χ1n) is 6.26. The van der Waals surface area contributed by atoms with Crippen LogP contribution in [0.15, 0.2) is 48.5 Å². The third-order valence-corrected chi connectivity index (χ3v) is 3.34. The van der Waals surface area contributed by atoms with E-state index in [1.54, 1.807) is 0 Å². The number of nitrogens with zero attached hydrogens (tertiary/aromatic N) is 2. The van der Waals surface area contributed by atoms with E-state index in [-0.39, 0.29) is 0 Å². The average molecular weight is 254 g/mol. The molecule has 0 unspecified atom stereocenters. The molecule has 20 heavy (non-hydrogen) atoms. The molecule has 2 aromatic rings. The lowest BCUT2D eigenvalue weighted by molar-refractivity contribution is 1.49. The summed E-state index contributed by atoms with van der Waals surface area (Å²) < 4.78 is 0. The van der Waals surface area contributed by atoms with Crippen molar-refractivity contribution in [3.63, 3.8) is 0 Å². The summed E-state index contributed by atoms with van der Waals surface area (Å²) in [4.78, 5) is 0. The summed E-state index contributed by atoms with van der Waals surface area (Å²) in [6.45, 7) is 0. The fraction of sp³-hybridized carbons (Fsp3) is 0. The van der Waals surface area contributed by atoms with Gasteiger partial charge in [-0.15, -0.1) is 0 Å². The van der Waals surface area contributed by atoms with Crippen LogP contribution in [0.4, 0.5) is 0 Å². The highest BCUT2D eigenvalue weighted by Gasteiger charge is 2.13. The second-order valence-electron chi connectivity index (χ2n) is 4.51. The number of nitriles is 2. The van der Waals surface area contributed by atoms with Gasteiger partial charge < -0.3 is 0 Å². The maximum Gasteiger partial charge on any atom is 0.0998 e. The molecule has 3 rings (SSSR count). The molecule has 0 radical (unpaired) electrons. The molecule has 1 aliphatic rings. The van der Waals surface area contributed by atoms with Crippen LogP contribution < -0.4 is 0 Å². The molecule has 0 spiro atoms. The summed E-state index contributed by atoms with van der Waals surface area (Å²) in [6, 6.07) is 19.8. The fourth-order valence-electron chi connectivity index (χ4n) is 2.39. The molecule has 0 amide bonds. The summed E-state index contributed by atoms with van der Waals surface area (Å²) in [6.07, 6.45) is 3.69. The van der Waals surface area contributed by atoms with Crippen LogP contribution in [0.2, 0.25) is 0 Å². The van der Waals surface area contributed by atoms with Gasteiger partial charge >= 0.3 is 0 Å². The van der Waals surface area contributed by atoms with E-state index in [1.165, 1.54) is 0 Å². The Morgan fingerprint density at radius 1 is 0.600 bits per heavy atom. The molecule has 2 aromatic carbocycles. The summed E-state index contributed by atoms with van der Waals surface area (Å²) in [7, 11) is 0. The number of hydrogen-bond acceptors (Lipinski definition) is 2. The molecule has 2 heteroatoms. The van der Waals surface area contributed by atoms with Crippen molar-refractivity contribution >= 4 is 23.3 Å². The minimum Gasteiger partial charge on any atom is -0.192 e. The topological polar surface area (TPSA) is 47.6 Å². The normalized spacial score (nSPS) is 17.7. The van der Waals surface area contributed by atoms with Crippen LogP contribution in [0.5, 0.6) is 0 Å². The first kappa shape index (κ1) is 12.0. The lowest BCUT2D eigenvalue weighted by Gasteiger charge is -2.12. The monoisotopic (exact) mass is 254 g/mol. The Balaban J connectivity index is 2.38. The van der Waals surface area contributed by atoms with Gasteiger partial charge in [-0.2, -0.15) is 10.5 Å². The molecule has 0 aromatic heterocycles. The summed E-state index contributed by atoms with van der Waals surface area (Å²) >= 11 is 0. The Morgan fingerprint density at radius 3 is 1.40 bits per heavy atom. The zero-order valence-corrected chi connectivity index (χ0v) is 10.7. The molecule has 2 nitrogen and oxygen atoms in total. The summed E-state index contributed by atoms with van der Waals surface area (Å²) in [5, 5.41) is 18.8. The van der Waals surface area contributed by atoms with E-state index in [4.69, 9.17) is 0 Å². The second-order valence-corrected chi connectivity index (χ2v) is 4.51. The van der Waals surface area contributed by atoms with Crippen LogP contribution >= 0.6 is 0 Å². The largest absolute Gasteiger partial charge is 0.192 e. The fourth-order valence-corrected chi connectivity index (χ4v) is 2.39. The van der Waals surface area contributed by atoms with Crippen LogP contribution in [-0.4, -0.2) is 0 Å². The van der Waals surface area contributed by atoms with Gasteiger partial charge in [0.15, 0.2) is 0 Å². The van der Waals surface area contributed by atoms with Crippen LogP contribution in [0.25, 0.3) is 23.3 Å². The standard InChI is InChI=1S/C18H10N2/c19-11-15-9-13-5-1-3-7-17(13)16(12-20)10-14-6-2-4-8-18(14)15/h1-10H/b13-9?,14-10?,15-9-,16-10-,17-16?,18-15?. The van der Waals surface area contributed by atoms with Gasteiger partial charge in [-0.3, -0.25) is 0 Å². The van der Waals surface area contributed by atoms with Gasteiger partial charge in [0.1, 0.15) is 0 Å². The van der Waals surface area contributed by atoms with Crippen molar-refractivity contribution in [1.82, 2.24) is 0 Å². The number of hydrogen-bond donors (Lipinski definition) is 0. The van der Waals surface area contributed by atoms with E-state index < -0.39 is 0 Å². The molecular weight excluding hydrogens is 244 g/mol. The van der Waals surface area contributed by atoms with Crippen LogP contribution in [0.1, 0.15) is 22.3 Å². The van der Waals surface area contributed by atoms with E-state index in [2.05, 4.69) is 12.1 Å². The van der Waals surface area contributed by atoms with Crippen molar-refractivity contribution in [2.24, 2.45) is 0 Å². The van der Waals surface area contributed by atoms with Crippen molar-refractivity contribution in [3.05, 3.63) is 70.8 Å². The third-order valence-electron chi connectivity index (χ3n) is 3.34. The number of allylic oxidation sites excluding steroid dienone is 2. The van der Waals surface area contributed by atoms with Gasteiger partial charge in [0, 0.05) is 0 Å². The van der Waals surface area contributed by atoms with Gasteiger partial charge in [-0.1, -0.05) is 48.5 Å². The van der Waals surface area contributed by atoms with Crippen molar-refractivity contribution < 1.29 is 0 Å². The van der Waals surface area contributed by atoms with Gasteiger partial charge in [0.2, 0.25) is 0 Å². The van der Waals surface area contributed by atoms with Gasteiger partial charge in [0.25, 0.3) is 0 Å². The van der Waals surface area contributed by atoms with E-state index in [0.29, 0.717) is 11.1 Å². The number of fused-ring (bicyclic) bond motifs is 2. The van der Waals surface area contributed by atoms with Crippen LogP contribution in [0.3, 0.4) is 0 Å². The quantitative estimate of drug-likeness (QED) is 0.709. The molecule has 0 fully saturated rings. The number of benzene rings is 2. The Hall–Kier alpha value is -3.10. The molecule has 0 N–H and O–H groups in total. The zero-order valence-electron chi connectivity index (χ0n) is 10.7. The van der Waals surface area contributed by atoms with E-state index in [1.807, 2.05) is 60.7 Å². The molecule has 1 aliphatic carbocycles. The van der Waals surface area contributed by atoms with E-state index in [9.17, 15) is 10.5 Å². The van der Waals surface area contributed by atoms with Gasteiger partial charge in [-0.05, 0) is 34.4 Å². The SMILES string of the molecule is N#C/C1=C/c2ccccc2/C(C#N)=C\c2ccccc21. The summed E-state index contributed by atoms with van der Waals surface area (Å²) in [5.74, 6) is 0. The minimum atomic E-state index is 0.612. The van der Waals surface area contributed by atoms with Crippen molar-refractivity contribution in [2.45, 2.75) is 0 Å². The smallest absolute Gasteiger partial charge is 0.0998 e. The highest BCUT2D eigenvalue weighted by molar-refractivity contribution is 6.02. The highest BCUT2D eigenvalue weighted by atomic mass is 14.3. The molecular formula is C18H10N2. The van der Waals surface area contributed by atoms with Crippen molar-refractivity contribution in [2.75, 3.05) is 0 Å². The summed E-state index contributed by atoms with van der Waals surface area (Å²) in [5.41, 5.74) is 4.73. The molecule has 0 atom stereocenters. The van der Waals surface area contributed by atoms with Crippen molar-refractivity contribution in [3.8, 4) is 12.1 Å². The lowest BCUT2D eigenvalue weighted by atomic mass is 9.90. The minimum absolute atomic E-state index is 0.612. The van der Waals surface area contributed by atoms with Gasteiger partial charge in [0.05, 0.1) is 23.3 Å². The molecule has 0 heterocycles. The Bertz CT molecular complexity index is 755. The highest BCUT2D eigenvalue weighted by Crippen LogP contribution is 2.31. The first-order valence-corrected chi connectivity index (χ1v) is 6.26. The Kier molecular flexibility index (Phi) is 2.92. The first-order chi connectivity index (χ1) is 9.83. The van der Waals surface area contributed by atoms with Crippen LogP contribution in [0, 0.1) is 22.7 Å². The molecule has 0 saturated heterocycles. The maximum atomic E-state index is 9.40. The predicted octanol–water partition coefficient (Wildman–Crippen LogP) is 4.13. The third kappa shape index (κ3) is 1.90. The average Bonchev–Trinajstić information content (AvgIpc) is 2.49. The van der Waals surface area contributed by atoms with Crippen LogP contribution in [-0.2, 0) is 0 Å². The molecule has 0 saturated carbocycles. The molecule has 0 aliphatic heterocycles. The van der Waals surface area contributed by atoms with Crippen molar-refractivity contribution in [1.29, 1.82) is 10.5 Å². The Morgan fingerprint density at radius 2 is 1.00 bits per heavy atom. The Labute approximate surface area is 117 Å². The molecule has 92 valence electrons. The van der Waals surface area contributed by atoms with E-state index in [0.717, 1.165) is 22.3 Å². The lowest BCUT2D eigenvalue weighted by Crippen LogP contribution is -1.94. The zero-order chi connectivity index (χ0) is 13.9. The second kappa shape index (κ2) is 4.88. The van der Waals surface area contributed by atoms with Gasteiger partial charge in [-0.25, -0.2) is 0 Å². The predicted molar refractivity (Wildman–Crippen MR) is 79.9 cm³/mol. The van der Waals surface area contributed by atoms with E-state index >= 15 is 0 Å².